The number of fused-ring (bicyclic) bond motifs is 2. The van der Waals surface area contributed by atoms with Gasteiger partial charge in [-0.15, -0.1) is 0 Å². The van der Waals surface area contributed by atoms with Crippen LogP contribution >= 0.6 is 27.7 Å². The summed E-state index contributed by atoms with van der Waals surface area (Å²) < 4.78 is 24.6. The number of rotatable bonds is 7. The molecule has 0 radical (unpaired) electrons. The van der Waals surface area contributed by atoms with E-state index in [4.69, 9.17) is 29.3 Å². The fourth-order valence-electron chi connectivity index (χ4n) is 4.88. The standard InChI is InChI=1S/C27H33BrN6O6S/c1-5-37-24(35)17-10-15(7-9-34(17)26(36)40-27(2,3)4)6-8-33-13-30-22(29)21-23(33)32-25(31-21)41-20-12-19-18(11-16(20)28)38-14-39-19/h11-13,15,17,29H,5-10,14H2,1-4H3,(H,31,32)/t15-,17+/m1/s1. The number of nitrogens with zero attached hydrogens (tertiary/aromatic N) is 4. The van der Waals surface area contributed by atoms with Crippen molar-refractivity contribution in [2.75, 3.05) is 19.9 Å². The maximum Gasteiger partial charge on any atom is 0.411 e. The molecule has 1 saturated heterocycles. The van der Waals surface area contributed by atoms with Crippen LogP contribution in [0, 0.1) is 11.3 Å². The molecule has 3 aromatic rings. The highest BCUT2D eigenvalue weighted by Gasteiger charge is 2.39. The van der Waals surface area contributed by atoms with Crippen LogP contribution in [0.25, 0.3) is 11.2 Å². The number of benzene rings is 1. The lowest BCUT2D eigenvalue weighted by Crippen LogP contribution is -2.52. The average molecular weight is 650 g/mol. The smallest absolute Gasteiger partial charge is 0.411 e. The summed E-state index contributed by atoms with van der Waals surface area (Å²) in [5.74, 6) is 1.10. The van der Waals surface area contributed by atoms with Crippen LogP contribution in [0.15, 0.2) is 33.0 Å². The lowest BCUT2D eigenvalue weighted by molar-refractivity contribution is -0.151. The monoisotopic (exact) mass is 648 g/mol. The van der Waals surface area contributed by atoms with Gasteiger partial charge in [-0.2, -0.15) is 0 Å². The summed E-state index contributed by atoms with van der Waals surface area (Å²) >= 11 is 4.99. The van der Waals surface area contributed by atoms with Gasteiger partial charge in [0, 0.05) is 22.5 Å². The molecule has 220 valence electrons. The number of ether oxygens (including phenoxy) is 4. The molecule has 2 aliphatic heterocycles. The third-order valence-electron chi connectivity index (χ3n) is 6.81. The Kier molecular flexibility index (Phi) is 8.50. The van der Waals surface area contributed by atoms with Gasteiger partial charge < -0.3 is 28.5 Å². The second-order valence-corrected chi connectivity index (χ2v) is 12.8. The second-order valence-electron chi connectivity index (χ2n) is 10.9. The van der Waals surface area contributed by atoms with Gasteiger partial charge in [-0.3, -0.25) is 10.3 Å². The first-order valence-corrected chi connectivity index (χ1v) is 15.1. The number of H-pyrrole nitrogens is 1. The number of amides is 1. The molecule has 0 aliphatic carbocycles. The molecule has 0 bridgehead atoms. The molecule has 1 aromatic carbocycles. The third-order valence-corrected chi connectivity index (χ3v) is 8.67. The predicted octanol–water partition coefficient (Wildman–Crippen LogP) is 4.85. The molecule has 1 amide bonds. The minimum atomic E-state index is -0.698. The summed E-state index contributed by atoms with van der Waals surface area (Å²) in [4.78, 5) is 40.3. The highest BCUT2D eigenvalue weighted by Crippen LogP contribution is 2.42. The molecule has 2 N–H and O–H groups in total. The summed E-state index contributed by atoms with van der Waals surface area (Å²) in [6.07, 6.45) is 3.05. The van der Waals surface area contributed by atoms with Crippen LogP contribution in [-0.2, 0) is 20.8 Å². The summed E-state index contributed by atoms with van der Waals surface area (Å²) in [5, 5.41) is 8.92. The van der Waals surface area contributed by atoms with Crippen LogP contribution in [0.2, 0.25) is 0 Å². The van der Waals surface area contributed by atoms with Gasteiger partial charge in [0.05, 0.1) is 12.9 Å². The van der Waals surface area contributed by atoms with Crippen LogP contribution in [0.3, 0.4) is 0 Å². The molecule has 1 fully saturated rings. The summed E-state index contributed by atoms with van der Waals surface area (Å²) in [6.45, 7) is 8.58. The first kappa shape index (κ1) is 29.2. The average Bonchev–Trinajstić information content (AvgIpc) is 3.55. The number of piperidine rings is 1. The van der Waals surface area contributed by atoms with Crippen molar-refractivity contribution in [1.82, 2.24) is 24.4 Å². The number of hydrogen-bond acceptors (Lipinski definition) is 10. The Labute approximate surface area is 249 Å². The molecule has 4 heterocycles. The number of hydrogen-bond donors (Lipinski definition) is 2. The Morgan fingerprint density at radius 2 is 2.02 bits per heavy atom. The molecule has 2 aromatic heterocycles. The molecule has 0 spiro atoms. The molecule has 5 rings (SSSR count). The van der Waals surface area contributed by atoms with E-state index in [1.807, 2.05) is 16.7 Å². The van der Waals surface area contributed by atoms with Crippen molar-refractivity contribution in [3.8, 4) is 11.5 Å². The highest BCUT2D eigenvalue weighted by atomic mass is 79.9. The van der Waals surface area contributed by atoms with Gasteiger partial charge in [-0.05, 0) is 80.9 Å². The Hall–Kier alpha value is -3.26. The third kappa shape index (κ3) is 6.64. The van der Waals surface area contributed by atoms with Gasteiger partial charge >= 0.3 is 12.1 Å². The van der Waals surface area contributed by atoms with Crippen molar-refractivity contribution in [2.45, 2.75) is 75.2 Å². The molecule has 0 saturated carbocycles. The van der Waals surface area contributed by atoms with Gasteiger partial charge in [0.25, 0.3) is 0 Å². The molecule has 12 nitrogen and oxygen atoms in total. The fraction of sp³-hybridized carbons (Fsp3) is 0.519. The van der Waals surface area contributed by atoms with E-state index in [0.717, 1.165) is 22.2 Å². The van der Waals surface area contributed by atoms with Gasteiger partial charge in [0.15, 0.2) is 27.8 Å². The van der Waals surface area contributed by atoms with E-state index in [0.29, 0.717) is 47.3 Å². The van der Waals surface area contributed by atoms with Gasteiger partial charge in [0.1, 0.15) is 17.2 Å². The number of aryl methyl sites for hydroxylation is 1. The quantitative estimate of drug-likeness (QED) is 0.343. The molecule has 41 heavy (non-hydrogen) atoms. The van der Waals surface area contributed by atoms with E-state index in [1.54, 1.807) is 34.0 Å². The Morgan fingerprint density at radius 1 is 1.27 bits per heavy atom. The van der Waals surface area contributed by atoms with Gasteiger partial charge in [0.2, 0.25) is 6.79 Å². The molecule has 14 heteroatoms. The maximum atomic E-state index is 12.8. The maximum absolute atomic E-state index is 12.8. The van der Waals surface area contributed by atoms with Gasteiger partial charge in [-0.25, -0.2) is 19.6 Å². The van der Waals surface area contributed by atoms with E-state index in [9.17, 15) is 9.59 Å². The number of carbonyl (C=O) groups is 2. The number of esters is 1. The van der Waals surface area contributed by atoms with E-state index in [1.165, 1.54) is 16.7 Å². The van der Waals surface area contributed by atoms with E-state index in [2.05, 4.69) is 25.9 Å². The second kappa shape index (κ2) is 11.9. The van der Waals surface area contributed by atoms with E-state index < -0.39 is 23.7 Å². The normalized spacial score (nSPS) is 18.5. The molecular formula is C27H33BrN6O6S. The number of aromatic nitrogens is 4. The van der Waals surface area contributed by atoms with Crippen molar-refractivity contribution in [2.24, 2.45) is 5.92 Å². The first-order chi connectivity index (χ1) is 19.5. The highest BCUT2D eigenvalue weighted by molar-refractivity contribution is 9.10. The molecule has 2 aliphatic rings. The number of nitrogens with one attached hydrogen (secondary N) is 2. The van der Waals surface area contributed by atoms with E-state index in [-0.39, 0.29) is 24.8 Å². The summed E-state index contributed by atoms with van der Waals surface area (Å²) in [6, 6.07) is 3.06. The Bertz CT molecular complexity index is 1520. The number of likely N-dealkylation sites (tertiary alicyclic amines) is 1. The topological polar surface area (TPSA) is 145 Å². The zero-order valence-electron chi connectivity index (χ0n) is 23.4. The van der Waals surface area contributed by atoms with E-state index >= 15 is 0 Å². The molecular weight excluding hydrogens is 616 g/mol. The summed E-state index contributed by atoms with van der Waals surface area (Å²) in [5.41, 5.74) is 0.605. The fourth-order valence-corrected chi connectivity index (χ4v) is 6.26. The van der Waals surface area contributed by atoms with Crippen molar-refractivity contribution >= 4 is 50.9 Å². The largest absolute Gasteiger partial charge is 0.464 e. The van der Waals surface area contributed by atoms with Crippen LogP contribution in [0.1, 0.15) is 47.0 Å². The number of halogens is 1. The van der Waals surface area contributed by atoms with Crippen LogP contribution in [-0.4, -0.2) is 68.1 Å². The zero-order valence-corrected chi connectivity index (χ0v) is 25.8. The van der Waals surface area contributed by atoms with Crippen LogP contribution in [0.4, 0.5) is 4.79 Å². The van der Waals surface area contributed by atoms with Crippen LogP contribution in [0.5, 0.6) is 11.5 Å². The molecule has 0 unspecified atom stereocenters. The summed E-state index contributed by atoms with van der Waals surface area (Å²) in [7, 11) is 0. The minimum Gasteiger partial charge on any atom is -0.464 e. The number of imidazole rings is 1. The first-order valence-electron chi connectivity index (χ1n) is 13.5. The van der Waals surface area contributed by atoms with Gasteiger partial charge in [-0.1, -0.05) is 11.8 Å². The lowest BCUT2D eigenvalue weighted by atomic mass is 9.88. The zero-order chi connectivity index (χ0) is 29.3. The number of carbonyl (C=O) groups excluding carboxylic acids is 2. The minimum absolute atomic E-state index is 0.105. The van der Waals surface area contributed by atoms with Crippen molar-refractivity contribution in [3.05, 3.63) is 28.4 Å². The Balaban J connectivity index is 1.30. The lowest BCUT2D eigenvalue weighted by Gasteiger charge is -2.38. The SMILES string of the molecule is CCOC(=O)[C@@H]1C[C@H](CCn2cnc(=N)c3[nH]c(Sc4cc5c(cc4Br)OCO5)nc32)CCN1C(=O)OC(C)(C)C. The van der Waals surface area contributed by atoms with Crippen molar-refractivity contribution < 1.29 is 28.5 Å². The van der Waals surface area contributed by atoms with Crippen molar-refractivity contribution in [3.63, 3.8) is 0 Å². The van der Waals surface area contributed by atoms with Crippen LogP contribution < -0.4 is 15.0 Å². The Morgan fingerprint density at radius 3 is 2.76 bits per heavy atom. The van der Waals surface area contributed by atoms with Crippen molar-refractivity contribution in [1.29, 1.82) is 5.41 Å². The molecule has 2 atom stereocenters. The predicted molar refractivity (Wildman–Crippen MR) is 153 cm³/mol. The number of aromatic amines is 1.